The van der Waals surface area contributed by atoms with Crippen LogP contribution in [-0.2, 0) is 6.42 Å². The molecule has 0 amide bonds. The van der Waals surface area contributed by atoms with Crippen molar-refractivity contribution in [1.29, 1.82) is 0 Å². The van der Waals surface area contributed by atoms with Gasteiger partial charge in [-0.3, -0.25) is 0 Å². The fraction of sp³-hybridized carbons (Fsp3) is 0.385. The zero-order valence-electron chi connectivity index (χ0n) is 17.8. The molecule has 0 bridgehead atoms. The third-order valence-corrected chi connectivity index (χ3v) is 10.7. The van der Waals surface area contributed by atoms with Crippen LogP contribution >= 0.6 is 0 Å². The Morgan fingerprint density at radius 2 is 1.28 bits per heavy atom. The predicted octanol–water partition coefficient (Wildman–Crippen LogP) is 5.70. The fourth-order valence-corrected chi connectivity index (χ4v) is 8.12. The Morgan fingerprint density at radius 1 is 0.724 bits per heavy atom. The number of benzene rings is 2. The van der Waals surface area contributed by atoms with Crippen LogP contribution in [0.25, 0.3) is 0 Å². The third-order valence-electron chi connectivity index (χ3n) is 6.17. The minimum Gasteiger partial charge on any atom is -0.469 e. The smallest absolute Gasteiger partial charge is 0.258 e. The van der Waals surface area contributed by atoms with Gasteiger partial charge in [-0.15, -0.1) is 0 Å². The maximum absolute atomic E-state index is 12.2. The molecule has 0 atom stereocenters. The van der Waals surface area contributed by atoms with Crippen LogP contribution in [0.1, 0.15) is 58.1 Å². The summed E-state index contributed by atoms with van der Waals surface area (Å²) in [4.78, 5) is 12.2. The topological polar surface area (TPSA) is 33.4 Å². The highest BCUT2D eigenvalue weighted by molar-refractivity contribution is 6.98. The van der Waals surface area contributed by atoms with Crippen molar-refractivity contribution >= 4 is 18.7 Å². The van der Waals surface area contributed by atoms with Gasteiger partial charge in [0, 0.05) is 6.42 Å². The summed E-state index contributed by atoms with van der Waals surface area (Å²) in [5, 5.41) is 2.08. The molecule has 154 valence electrons. The minimum atomic E-state index is -2.85. The summed E-state index contributed by atoms with van der Waals surface area (Å²) in [5.41, 5.74) is 0. The molecule has 2 nitrogen and oxygen atoms in total. The standard InChI is InChI=1S/C26H34O2Si/c1-26(2,21-13-5-3-4-8-15-23-16-14-22-28-23)29(27,24-17-9-6-10-18-24)25-19-11-7-12-20-25/h6-7,9-12,14,16-20,22,27H,3-5,8,13,15,21H2,1-2H3. The fourth-order valence-electron chi connectivity index (χ4n) is 4.34. The molecule has 0 saturated carbocycles. The van der Waals surface area contributed by atoms with E-state index in [0.717, 1.165) is 35.4 Å². The second-order valence-electron chi connectivity index (χ2n) is 8.67. The molecular formula is C26H34O2Si. The van der Waals surface area contributed by atoms with Gasteiger partial charge in [-0.1, -0.05) is 100 Å². The van der Waals surface area contributed by atoms with E-state index in [-0.39, 0.29) is 5.04 Å². The van der Waals surface area contributed by atoms with Crippen molar-refractivity contribution < 1.29 is 9.21 Å². The summed E-state index contributed by atoms with van der Waals surface area (Å²) in [6, 6.07) is 24.7. The van der Waals surface area contributed by atoms with Gasteiger partial charge in [0.05, 0.1) is 6.26 Å². The highest BCUT2D eigenvalue weighted by Crippen LogP contribution is 2.40. The van der Waals surface area contributed by atoms with Gasteiger partial charge in [-0.05, 0) is 40.4 Å². The van der Waals surface area contributed by atoms with Crippen molar-refractivity contribution in [1.82, 2.24) is 0 Å². The number of hydrogen-bond acceptors (Lipinski definition) is 2. The summed E-state index contributed by atoms with van der Waals surface area (Å²) in [7, 11) is -2.85. The summed E-state index contributed by atoms with van der Waals surface area (Å²) in [6.45, 7) is 4.52. The van der Waals surface area contributed by atoms with Gasteiger partial charge in [0.15, 0.2) is 0 Å². The molecule has 3 rings (SSSR count). The number of furan rings is 1. The van der Waals surface area contributed by atoms with Gasteiger partial charge < -0.3 is 9.21 Å². The molecule has 0 aliphatic rings. The first-order chi connectivity index (χ1) is 14.0. The zero-order chi connectivity index (χ0) is 20.6. The van der Waals surface area contributed by atoms with Crippen molar-refractivity contribution in [2.45, 2.75) is 63.8 Å². The second kappa shape index (κ2) is 10.1. The van der Waals surface area contributed by atoms with Crippen molar-refractivity contribution in [2.24, 2.45) is 0 Å². The van der Waals surface area contributed by atoms with E-state index in [2.05, 4.69) is 44.2 Å². The van der Waals surface area contributed by atoms with E-state index in [1.807, 2.05) is 42.5 Å². The van der Waals surface area contributed by atoms with Crippen LogP contribution in [-0.4, -0.2) is 13.1 Å². The number of hydrogen-bond donors (Lipinski definition) is 1. The normalized spacial score (nSPS) is 12.2. The van der Waals surface area contributed by atoms with E-state index in [0.29, 0.717) is 0 Å². The molecule has 0 unspecified atom stereocenters. The average Bonchev–Trinajstić information content (AvgIpc) is 3.27. The highest BCUT2D eigenvalue weighted by atomic mass is 28.4. The van der Waals surface area contributed by atoms with E-state index in [4.69, 9.17) is 4.42 Å². The Morgan fingerprint density at radius 3 is 1.83 bits per heavy atom. The van der Waals surface area contributed by atoms with Gasteiger partial charge in [0.25, 0.3) is 8.32 Å². The van der Waals surface area contributed by atoms with E-state index < -0.39 is 8.32 Å². The molecule has 2 aromatic carbocycles. The van der Waals surface area contributed by atoms with Crippen LogP contribution in [0.2, 0.25) is 5.04 Å². The van der Waals surface area contributed by atoms with Crippen LogP contribution in [0.15, 0.2) is 83.5 Å². The third kappa shape index (κ3) is 5.29. The summed E-state index contributed by atoms with van der Waals surface area (Å²) < 4.78 is 5.40. The van der Waals surface area contributed by atoms with Crippen LogP contribution < -0.4 is 10.4 Å². The monoisotopic (exact) mass is 406 g/mol. The molecule has 0 fully saturated rings. The van der Waals surface area contributed by atoms with E-state index in [1.54, 1.807) is 6.26 Å². The first-order valence-electron chi connectivity index (χ1n) is 10.9. The Bertz CT molecular complexity index is 786. The van der Waals surface area contributed by atoms with Crippen molar-refractivity contribution in [3.63, 3.8) is 0 Å². The van der Waals surface area contributed by atoms with E-state index >= 15 is 0 Å². The van der Waals surface area contributed by atoms with Gasteiger partial charge in [0.1, 0.15) is 5.76 Å². The Labute approximate surface area is 176 Å². The molecule has 1 N–H and O–H groups in total. The molecule has 0 radical (unpaired) electrons. The highest BCUT2D eigenvalue weighted by Gasteiger charge is 2.49. The van der Waals surface area contributed by atoms with Gasteiger partial charge >= 0.3 is 0 Å². The average molecular weight is 407 g/mol. The first-order valence-corrected chi connectivity index (χ1v) is 12.8. The van der Waals surface area contributed by atoms with Crippen molar-refractivity contribution in [3.05, 3.63) is 84.8 Å². The Balaban J connectivity index is 1.58. The van der Waals surface area contributed by atoms with Gasteiger partial charge in [-0.2, -0.15) is 0 Å². The Kier molecular flexibility index (Phi) is 7.51. The lowest BCUT2D eigenvalue weighted by atomic mass is 10.0. The van der Waals surface area contributed by atoms with Crippen molar-refractivity contribution in [3.8, 4) is 0 Å². The maximum Gasteiger partial charge on any atom is 0.258 e. The van der Waals surface area contributed by atoms with Crippen LogP contribution in [0.3, 0.4) is 0 Å². The quantitative estimate of drug-likeness (QED) is 0.327. The molecule has 0 aliphatic carbocycles. The second-order valence-corrected chi connectivity index (χ2v) is 12.6. The molecule has 0 aliphatic heterocycles. The summed E-state index contributed by atoms with van der Waals surface area (Å²) in [5.74, 6) is 1.09. The molecule has 0 spiro atoms. The van der Waals surface area contributed by atoms with Crippen LogP contribution in [0.4, 0.5) is 0 Å². The van der Waals surface area contributed by atoms with E-state index in [1.165, 1.54) is 25.7 Å². The molecule has 3 aromatic rings. The van der Waals surface area contributed by atoms with Crippen LogP contribution in [0, 0.1) is 0 Å². The zero-order valence-corrected chi connectivity index (χ0v) is 18.8. The molecule has 0 saturated heterocycles. The van der Waals surface area contributed by atoms with Crippen molar-refractivity contribution in [2.75, 3.05) is 0 Å². The molecular weight excluding hydrogens is 372 g/mol. The predicted molar refractivity (Wildman–Crippen MR) is 124 cm³/mol. The largest absolute Gasteiger partial charge is 0.469 e. The maximum atomic E-state index is 12.2. The van der Waals surface area contributed by atoms with Crippen LogP contribution in [0.5, 0.6) is 0 Å². The Hall–Kier alpha value is -2.10. The molecule has 29 heavy (non-hydrogen) atoms. The lowest BCUT2D eigenvalue weighted by Crippen LogP contribution is -2.65. The SMILES string of the molecule is CC(C)(CCCCCCCc1ccco1)[Si](O)(c1ccccc1)c1ccccc1. The lowest BCUT2D eigenvalue weighted by molar-refractivity contribution is 0.444. The molecule has 3 heteroatoms. The number of rotatable bonds is 11. The molecule has 1 aromatic heterocycles. The van der Waals surface area contributed by atoms with E-state index in [9.17, 15) is 4.80 Å². The number of unbranched alkanes of at least 4 members (excludes halogenated alkanes) is 4. The lowest BCUT2D eigenvalue weighted by Gasteiger charge is -2.41. The molecule has 1 heterocycles. The first kappa shape index (κ1) is 21.6. The minimum absolute atomic E-state index is 0.135. The summed E-state index contributed by atoms with van der Waals surface area (Å²) in [6.07, 6.45) is 9.86. The number of aryl methyl sites for hydroxylation is 1. The van der Waals surface area contributed by atoms with Gasteiger partial charge in [-0.25, -0.2) is 0 Å². The van der Waals surface area contributed by atoms with Gasteiger partial charge in [0.2, 0.25) is 0 Å². The summed E-state index contributed by atoms with van der Waals surface area (Å²) >= 11 is 0.